The molecule has 1 aromatic carbocycles. The minimum absolute atomic E-state index is 0.134. The van der Waals surface area contributed by atoms with Crippen molar-refractivity contribution in [3.63, 3.8) is 0 Å². The highest BCUT2D eigenvalue weighted by atomic mass is 32.2. The van der Waals surface area contributed by atoms with E-state index in [0.29, 0.717) is 6.61 Å². The molecular formula is C14H18O4S. The molecular weight excluding hydrogens is 264 g/mol. The Morgan fingerprint density at radius 3 is 2.68 bits per heavy atom. The van der Waals surface area contributed by atoms with E-state index in [1.165, 1.54) is 11.8 Å². The predicted molar refractivity (Wildman–Crippen MR) is 74.7 cm³/mol. The van der Waals surface area contributed by atoms with Crippen LogP contribution in [-0.2, 0) is 14.3 Å². The van der Waals surface area contributed by atoms with Crippen LogP contribution in [0.2, 0.25) is 0 Å². The van der Waals surface area contributed by atoms with Gasteiger partial charge in [-0.2, -0.15) is 0 Å². The Kier molecular flexibility index (Phi) is 6.42. The van der Waals surface area contributed by atoms with Gasteiger partial charge in [0, 0.05) is 10.5 Å². The second-order valence-electron chi connectivity index (χ2n) is 3.89. The molecule has 104 valence electrons. The van der Waals surface area contributed by atoms with E-state index in [4.69, 9.17) is 9.47 Å². The molecule has 0 aliphatic rings. The van der Waals surface area contributed by atoms with Crippen LogP contribution in [0.25, 0.3) is 0 Å². The van der Waals surface area contributed by atoms with Crippen molar-refractivity contribution in [3.8, 4) is 5.75 Å². The number of carbonyl (C=O) groups is 2. The standard InChI is InChI=1S/C14H18O4S/c1-4-18-14(16)8-11(15)9-19-13-7-5-6-12(17-3)10(13)2/h5-7H,4,8-9H2,1-3H3. The summed E-state index contributed by atoms with van der Waals surface area (Å²) in [5, 5.41) is 0. The van der Waals surface area contributed by atoms with Crippen LogP contribution < -0.4 is 4.74 Å². The Morgan fingerprint density at radius 2 is 2.05 bits per heavy atom. The molecule has 0 amide bonds. The van der Waals surface area contributed by atoms with E-state index in [1.807, 2.05) is 25.1 Å². The van der Waals surface area contributed by atoms with Gasteiger partial charge in [0.15, 0.2) is 5.78 Å². The summed E-state index contributed by atoms with van der Waals surface area (Å²) in [7, 11) is 1.61. The van der Waals surface area contributed by atoms with Crippen LogP contribution in [0.15, 0.2) is 23.1 Å². The van der Waals surface area contributed by atoms with Gasteiger partial charge in [0.25, 0.3) is 0 Å². The largest absolute Gasteiger partial charge is 0.496 e. The van der Waals surface area contributed by atoms with Crippen LogP contribution in [0.4, 0.5) is 0 Å². The molecule has 0 N–H and O–H groups in total. The Labute approximate surface area is 117 Å². The molecule has 0 aliphatic heterocycles. The maximum atomic E-state index is 11.6. The maximum Gasteiger partial charge on any atom is 0.313 e. The number of thioether (sulfide) groups is 1. The van der Waals surface area contributed by atoms with Crippen molar-refractivity contribution < 1.29 is 19.1 Å². The number of methoxy groups -OCH3 is 1. The third kappa shape index (κ3) is 4.95. The monoisotopic (exact) mass is 282 g/mol. The maximum absolute atomic E-state index is 11.6. The minimum atomic E-state index is -0.463. The number of hydrogen-bond acceptors (Lipinski definition) is 5. The first-order chi connectivity index (χ1) is 9.08. The topological polar surface area (TPSA) is 52.6 Å². The lowest BCUT2D eigenvalue weighted by Gasteiger charge is -2.09. The van der Waals surface area contributed by atoms with Gasteiger partial charge < -0.3 is 9.47 Å². The van der Waals surface area contributed by atoms with Gasteiger partial charge >= 0.3 is 5.97 Å². The van der Waals surface area contributed by atoms with E-state index >= 15 is 0 Å². The van der Waals surface area contributed by atoms with Crippen molar-refractivity contribution in [1.82, 2.24) is 0 Å². The summed E-state index contributed by atoms with van der Waals surface area (Å²) in [5.74, 6) is 0.455. The lowest BCUT2D eigenvalue weighted by Crippen LogP contribution is -2.12. The van der Waals surface area contributed by atoms with Crippen LogP contribution in [0, 0.1) is 6.92 Å². The van der Waals surface area contributed by atoms with Gasteiger partial charge in [-0.05, 0) is 26.0 Å². The van der Waals surface area contributed by atoms with Gasteiger partial charge in [0.05, 0.1) is 19.5 Å². The van der Waals surface area contributed by atoms with Crippen molar-refractivity contribution in [2.45, 2.75) is 25.2 Å². The zero-order valence-electron chi connectivity index (χ0n) is 11.4. The summed E-state index contributed by atoms with van der Waals surface area (Å²) in [6.07, 6.45) is -0.163. The molecule has 0 atom stereocenters. The molecule has 0 aliphatic carbocycles. The fourth-order valence-corrected chi connectivity index (χ4v) is 2.46. The lowest BCUT2D eigenvalue weighted by molar-refractivity contribution is -0.145. The second-order valence-corrected chi connectivity index (χ2v) is 4.91. The van der Waals surface area contributed by atoms with Gasteiger partial charge in [0.1, 0.15) is 12.2 Å². The van der Waals surface area contributed by atoms with Crippen molar-refractivity contribution in [2.75, 3.05) is 19.5 Å². The molecule has 0 unspecified atom stereocenters. The van der Waals surface area contributed by atoms with Crippen LogP contribution in [0.3, 0.4) is 0 Å². The molecule has 0 radical (unpaired) electrons. The molecule has 1 aromatic rings. The molecule has 1 rings (SSSR count). The summed E-state index contributed by atoms with van der Waals surface area (Å²) in [6, 6.07) is 5.68. The third-order valence-electron chi connectivity index (χ3n) is 2.49. The Bertz CT molecular complexity index is 457. The first kappa shape index (κ1) is 15.6. The van der Waals surface area contributed by atoms with E-state index in [1.54, 1.807) is 14.0 Å². The third-order valence-corrected chi connectivity index (χ3v) is 3.71. The number of benzene rings is 1. The molecule has 0 fully saturated rings. The Morgan fingerprint density at radius 1 is 1.32 bits per heavy atom. The summed E-state index contributed by atoms with van der Waals surface area (Å²) in [6.45, 7) is 3.96. The van der Waals surface area contributed by atoms with E-state index in [0.717, 1.165) is 16.2 Å². The number of hydrogen-bond donors (Lipinski definition) is 0. The first-order valence-corrected chi connectivity index (χ1v) is 7.00. The average Bonchev–Trinajstić information content (AvgIpc) is 2.37. The summed E-state index contributed by atoms with van der Waals surface area (Å²) in [5.41, 5.74) is 0.999. The first-order valence-electron chi connectivity index (χ1n) is 6.02. The SMILES string of the molecule is CCOC(=O)CC(=O)CSc1cccc(OC)c1C. The van der Waals surface area contributed by atoms with E-state index in [9.17, 15) is 9.59 Å². The van der Waals surface area contributed by atoms with Gasteiger partial charge in [-0.3, -0.25) is 9.59 Å². The smallest absolute Gasteiger partial charge is 0.313 e. The molecule has 0 spiro atoms. The van der Waals surface area contributed by atoms with Gasteiger partial charge in [-0.1, -0.05) is 6.07 Å². The fourth-order valence-electron chi connectivity index (χ4n) is 1.55. The molecule has 0 aromatic heterocycles. The number of esters is 1. The van der Waals surface area contributed by atoms with Gasteiger partial charge in [0.2, 0.25) is 0 Å². The summed E-state index contributed by atoms with van der Waals surface area (Å²) >= 11 is 1.41. The number of ether oxygens (including phenoxy) is 2. The highest BCUT2D eigenvalue weighted by molar-refractivity contribution is 8.00. The number of rotatable bonds is 7. The summed E-state index contributed by atoms with van der Waals surface area (Å²) < 4.78 is 9.95. The van der Waals surface area contributed by atoms with Gasteiger partial charge in [-0.15, -0.1) is 11.8 Å². The molecule has 0 heterocycles. The minimum Gasteiger partial charge on any atom is -0.496 e. The summed E-state index contributed by atoms with van der Waals surface area (Å²) in [4.78, 5) is 23.8. The zero-order valence-corrected chi connectivity index (χ0v) is 12.2. The van der Waals surface area contributed by atoms with E-state index in [2.05, 4.69) is 0 Å². The number of carbonyl (C=O) groups excluding carboxylic acids is 2. The van der Waals surface area contributed by atoms with Crippen molar-refractivity contribution in [3.05, 3.63) is 23.8 Å². The molecule has 0 saturated carbocycles. The Hall–Kier alpha value is -1.49. The molecule has 19 heavy (non-hydrogen) atoms. The Balaban J connectivity index is 2.53. The van der Waals surface area contributed by atoms with Crippen LogP contribution in [0.5, 0.6) is 5.75 Å². The van der Waals surface area contributed by atoms with E-state index < -0.39 is 5.97 Å². The second kappa shape index (κ2) is 7.84. The quantitative estimate of drug-likeness (QED) is 0.437. The normalized spacial score (nSPS) is 10.1. The number of ketones is 1. The predicted octanol–water partition coefficient (Wildman–Crippen LogP) is 2.62. The number of Topliss-reactive ketones (excluding diaryl/α,β-unsaturated/α-hetero) is 1. The highest BCUT2D eigenvalue weighted by Gasteiger charge is 2.12. The van der Waals surface area contributed by atoms with Crippen molar-refractivity contribution in [1.29, 1.82) is 0 Å². The zero-order chi connectivity index (χ0) is 14.3. The van der Waals surface area contributed by atoms with E-state index in [-0.39, 0.29) is 18.0 Å². The van der Waals surface area contributed by atoms with Crippen LogP contribution in [0.1, 0.15) is 18.9 Å². The van der Waals surface area contributed by atoms with Crippen LogP contribution >= 0.6 is 11.8 Å². The fraction of sp³-hybridized carbons (Fsp3) is 0.429. The lowest BCUT2D eigenvalue weighted by atomic mass is 10.2. The van der Waals surface area contributed by atoms with Crippen LogP contribution in [-0.4, -0.2) is 31.2 Å². The molecule has 0 saturated heterocycles. The van der Waals surface area contributed by atoms with Crippen molar-refractivity contribution in [2.24, 2.45) is 0 Å². The molecule has 5 heteroatoms. The average molecular weight is 282 g/mol. The highest BCUT2D eigenvalue weighted by Crippen LogP contribution is 2.29. The van der Waals surface area contributed by atoms with Crippen molar-refractivity contribution >= 4 is 23.5 Å². The molecule has 0 bridgehead atoms. The van der Waals surface area contributed by atoms with Gasteiger partial charge in [-0.25, -0.2) is 0 Å². The molecule has 4 nitrogen and oxygen atoms in total.